The molecule has 3 aromatic rings. The minimum absolute atomic E-state index is 0.0144. The molecule has 0 aliphatic carbocycles. The number of benzene rings is 2. The highest BCUT2D eigenvalue weighted by Crippen LogP contribution is 2.26. The molecular weight excluding hydrogens is 424 g/mol. The van der Waals surface area contributed by atoms with Crippen LogP contribution in [-0.2, 0) is 4.79 Å². The van der Waals surface area contributed by atoms with E-state index in [4.69, 9.17) is 0 Å². The van der Waals surface area contributed by atoms with E-state index in [-0.39, 0.29) is 18.5 Å². The number of nitrogens with one attached hydrogen (secondary N) is 2. The fourth-order valence-corrected chi connectivity index (χ4v) is 5.30. The molecule has 0 unspecified atom stereocenters. The van der Waals surface area contributed by atoms with E-state index in [2.05, 4.69) is 67.7 Å². The summed E-state index contributed by atoms with van der Waals surface area (Å²) >= 11 is 0. The fourth-order valence-electron chi connectivity index (χ4n) is 5.30. The molecule has 2 aliphatic heterocycles. The average molecular weight is 459 g/mol. The van der Waals surface area contributed by atoms with E-state index >= 15 is 0 Å². The molecule has 7 nitrogen and oxygen atoms in total. The smallest absolute Gasteiger partial charge is 0.239 e. The number of aryl methyl sites for hydroxylation is 2. The first-order valence-electron chi connectivity index (χ1n) is 12.4. The molecule has 0 saturated carbocycles. The molecule has 2 saturated heterocycles. The van der Waals surface area contributed by atoms with Crippen molar-refractivity contribution in [1.82, 2.24) is 20.2 Å². The van der Waals surface area contributed by atoms with E-state index in [0.717, 1.165) is 49.1 Å². The first kappa shape index (κ1) is 22.6. The summed E-state index contributed by atoms with van der Waals surface area (Å²) in [6, 6.07) is 15.7. The molecule has 3 heterocycles. The van der Waals surface area contributed by atoms with Crippen molar-refractivity contribution in [2.24, 2.45) is 0 Å². The quantitative estimate of drug-likeness (QED) is 0.589. The number of amides is 1. The molecule has 2 aromatic carbocycles. The summed E-state index contributed by atoms with van der Waals surface area (Å²) in [7, 11) is 0. The molecular formula is C27H34N6O. The average Bonchev–Trinajstić information content (AvgIpc) is 3.31. The summed E-state index contributed by atoms with van der Waals surface area (Å²) in [6.07, 6.45) is 4.91. The lowest BCUT2D eigenvalue weighted by Gasteiger charge is -2.38. The number of carbonyl (C=O) groups excluding carboxylic acids is 1. The normalized spacial score (nSPS) is 19.5. The number of fused-ring (bicyclic) bond motifs is 1. The van der Waals surface area contributed by atoms with Gasteiger partial charge in [-0.3, -0.25) is 9.69 Å². The van der Waals surface area contributed by atoms with Gasteiger partial charge in [-0.15, -0.1) is 0 Å². The number of hydrogen-bond acceptors (Lipinski definition) is 6. The van der Waals surface area contributed by atoms with E-state index in [9.17, 15) is 4.79 Å². The first-order valence-corrected chi connectivity index (χ1v) is 12.4. The summed E-state index contributed by atoms with van der Waals surface area (Å²) in [5.74, 6) is 0.720. The Morgan fingerprint density at radius 3 is 2.65 bits per heavy atom. The van der Waals surface area contributed by atoms with Crippen molar-refractivity contribution in [3.8, 4) is 0 Å². The number of hydrogen-bond donors (Lipinski definition) is 2. The van der Waals surface area contributed by atoms with Gasteiger partial charge in [0.1, 0.15) is 12.1 Å². The second-order valence-corrected chi connectivity index (χ2v) is 9.70. The number of rotatable bonds is 6. The third kappa shape index (κ3) is 5.14. The minimum Gasteiger partial charge on any atom is -0.371 e. The Kier molecular flexibility index (Phi) is 6.63. The molecule has 2 N–H and O–H groups in total. The van der Waals surface area contributed by atoms with Gasteiger partial charge in [0.05, 0.1) is 12.1 Å². The van der Waals surface area contributed by atoms with E-state index in [0.29, 0.717) is 11.9 Å². The van der Waals surface area contributed by atoms with Gasteiger partial charge in [-0.25, -0.2) is 9.97 Å². The first-order chi connectivity index (χ1) is 16.5. The zero-order chi connectivity index (χ0) is 23.5. The molecule has 0 bridgehead atoms. The molecule has 0 radical (unpaired) electrons. The molecule has 0 spiro atoms. The van der Waals surface area contributed by atoms with Gasteiger partial charge in [-0.05, 0) is 62.9 Å². The van der Waals surface area contributed by atoms with Gasteiger partial charge in [0.2, 0.25) is 5.91 Å². The van der Waals surface area contributed by atoms with Gasteiger partial charge in [-0.2, -0.15) is 0 Å². The van der Waals surface area contributed by atoms with Crippen LogP contribution in [0.5, 0.6) is 0 Å². The highest BCUT2D eigenvalue weighted by Gasteiger charge is 2.31. The summed E-state index contributed by atoms with van der Waals surface area (Å²) in [6.45, 7) is 8.60. The van der Waals surface area contributed by atoms with Crippen LogP contribution in [0.4, 0.5) is 11.5 Å². The SMILES string of the molecule is Cc1cccc(N2CCC(N3CC[C@@H](NC(=O)CNc4ncnc5ccc(C)cc45)C3)CC2)c1. The van der Waals surface area contributed by atoms with Crippen LogP contribution >= 0.6 is 0 Å². The minimum atomic E-state index is 0.0144. The number of piperidine rings is 1. The molecule has 2 aliphatic rings. The van der Waals surface area contributed by atoms with Crippen molar-refractivity contribution in [1.29, 1.82) is 0 Å². The number of nitrogens with zero attached hydrogens (tertiary/aromatic N) is 4. The van der Waals surface area contributed by atoms with Crippen LogP contribution in [0.25, 0.3) is 10.9 Å². The van der Waals surface area contributed by atoms with E-state index in [1.807, 2.05) is 19.1 Å². The lowest BCUT2D eigenvalue weighted by molar-refractivity contribution is -0.120. The van der Waals surface area contributed by atoms with Crippen LogP contribution in [0.15, 0.2) is 48.8 Å². The third-order valence-corrected chi connectivity index (χ3v) is 7.14. The molecule has 2 fully saturated rings. The lowest BCUT2D eigenvalue weighted by Crippen LogP contribution is -2.46. The maximum atomic E-state index is 12.6. The van der Waals surface area contributed by atoms with Crippen molar-refractivity contribution < 1.29 is 4.79 Å². The zero-order valence-corrected chi connectivity index (χ0v) is 20.1. The van der Waals surface area contributed by atoms with Crippen molar-refractivity contribution in [2.45, 2.75) is 45.2 Å². The van der Waals surface area contributed by atoms with Crippen molar-refractivity contribution >= 4 is 28.3 Å². The zero-order valence-electron chi connectivity index (χ0n) is 20.1. The molecule has 1 amide bonds. The maximum Gasteiger partial charge on any atom is 0.239 e. The van der Waals surface area contributed by atoms with Crippen molar-refractivity contribution in [3.63, 3.8) is 0 Å². The van der Waals surface area contributed by atoms with Crippen LogP contribution in [0.3, 0.4) is 0 Å². The van der Waals surface area contributed by atoms with Crippen LogP contribution in [-0.4, -0.2) is 65.6 Å². The maximum absolute atomic E-state index is 12.6. The Bertz CT molecular complexity index is 1160. The van der Waals surface area contributed by atoms with E-state index in [1.165, 1.54) is 30.4 Å². The number of aromatic nitrogens is 2. The van der Waals surface area contributed by atoms with Crippen molar-refractivity contribution in [3.05, 3.63) is 59.9 Å². The molecule has 1 atom stereocenters. The van der Waals surface area contributed by atoms with Gasteiger partial charge >= 0.3 is 0 Å². The third-order valence-electron chi connectivity index (χ3n) is 7.14. The highest BCUT2D eigenvalue weighted by molar-refractivity contribution is 5.91. The van der Waals surface area contributed by atoms with Crippen LogP contribution in [0.2, 0.25) is 0 Å². The number of likely N-dealkylation sites (tertiary alicyclic amines) is 1. The van der Waals surface area contributed by atoms with Gasteiger partial charge in [0.15, 0.2) is 0 Å². The Balaban J connectivity index is 1.09. The molecule has 7 heteroatoms. The van der Waals surface area contributed by atoms with Gasteiger partial charge < -0.3 is 15.5 Å². The topological polar surface area (TPSA) is 73.4 Å². The van der Waals surface area contributed by atoms with E-state index < -0.39 is 0 Å². The second kappa shape index (κ2) is 9.97. The molecule has 5 rings (SSSR count). The Morgan fingerprint density at radius 2 is 1.82 bits per heavy atom. The van der Waals surface area contributed by atoms with Gasteiger partial charge in [-0.1, -0.05) is 23.8 Å². The van der Waals surface area contributed by atoms with Gasteiger partial charge in [0, 0.05) is 49.3 Å². The van der Waals surface area contributed by atoms with Crippen LogP contribution < -0.4 is 15.5 Å². The van der Waals surface area contributed by atoms with Crippen LogP contribution in [0.1, 0.15) is 30.4 Å². The lowest BCUT2D eigenvalue weighted by atomic mass is 10.0. The summed E-state index contributed by atoms with van der Waals surface area (Å²) in [5.41, 5.74) is 4.67. The highest BCUT2D eigenvalue weighted by atomic mass is 16.2. The summed E-state index contributed by atoms with van der Waals surface area (Å²) < 4.78 is 0. The summed E-state index contributed by atoms with van der Waals surface area (Å²) in [5, 5.41) is 7.37. The Hall–Kier alpha value is -3.19. The van der Waals surface area contributed by atoms with Crippen LogP contribution in [0, 0.1) is 13.8 Å². The predicted octanol–water partition coefficient (Wildman–Crippen LogP) is 3.52. The molecule has 34 heavy (non-hydrogen) atoms. The Labute approximate surface area is 201 Å². The number of anilines is 2. The standard InChI is InChI=1S/C27H34N6O/c1-19-4-3-5-23(14-19)32-12-9-22(10-13-32)33-11-8-21(17-33)31-26(34)16-28-27-24-15-20(2)6-7-25(24)29-18-30-27/h3-7,14-15,18,21-22H,8-13,16-17H2,1-2H3,(H,31,34)(H,28,29,30)/t21-/m1/s1. The fraction of sp³-hybridized carbons (Fsp3) is 0.444. The molecule has 178 valence electrons. The largest absolute Gasteiger partial charge is 0.371 e. The number of carbonyl (C=O) groups is 1. The monoisotopic (exact) mass is 458 g/mol. The second-order valence-electron chi connectivity index (χ2n) is 9.70. The van der Waals surface area contributed by atoms with E-state index in [1.54, 1.807) is 0 Å². The Morgan fingerprint density at radius 1 is 1.00 bits per heavy atom. The van der Waals surface area contributed by atoms with Crippen molar-refractivity contribution in [2.75, 3.05) is 42.9 Å². The predicted molar refractivity (Wildman–Crippen MR) is 137 cm³/mol. The summed E-state index contributed by atoms with van der Waals surface area (Å²) in [4.78, 5) is 26.4. The van der Waals surface area contributed by atoms with Gasteiger partial charge in [0.25, 0.3) is 0 Å². The molecule has 1 aromatic heterocycles.